The van der Waals surface area contributed by atoms with E-state index in [1.807, 2.05) is 30.3 Å². The molecule has 0 spiro atoms. The van der Waals surface area contributed by atoms with Gasteiger partial charge < -0.3 is 20.0 Å². The maximum atomic E-state index is 12.3. The van der Waals surface area contributed by atoms with Gasteiger partial charge >= 0.3 is 0 Å². The minimum absolute atomic E-state index is 0.0866. The molecule has 0 radical (unpaired) electrons. The number of hydrogen-bond donors (Lipinski definition) is 1. The summed E-state index contributed by atoms with van der Waals surface area (Å²) in [6, 6.07) is 13.4. The second-order valence-corrected chi connectivity index (χ2v) is 7.97. The highest BCUT2D eigenvalue weighted by Crippen LogP contribution is 2.33. The van der Waals surface area contributed by atoms with Crippen molar-refractivity contribution >= 4 is 57.8 Å². The van der Waals surface area contributed by atoms with E-state index in [1.165, 1.54) is 17.0 Å². The SMILES string of the molecule is COc1ccc(C=C2SC(=O)N(CCCC(=O)Nc3ccccc3C(=O)[O-])C2=S)cc1. The first-order chi connectivity index (χ1) is 14.9. The normalized spacial score (nSPS) is 14.7. The lowest BCUT2D eigenvalue weighted by molar-refractivity contribution is -0.254. The van der Waals surface area contributed by atoms with Crippen LogP contribution in [0.25, 0.3) is 6.08 Å². The zero-order chi connectivity index (χ0) is 22.4. The van der Waals surface area contributed by atoms with Crippen molar-refractivity contribution in [3.8, 4) is 5.75 Å². The Bertz CT molecular complexity index is 1050. The van der Waals surface area contributed by atoms with Gasteiger partial charge in [0.2, 0.25) is 5.91 Å². The van der Waals surface area contributed by atoms with E-state index in [9.17, 15) is 19.5 Å². The summed E-state index contributed by atoms with van der Waals surface area (Å²) in [5, 5.41) is 13.5. The van der Waals surface area contributed by atoms with Crippen LogP contribution >= 0.6 is 24.0 Å². The summed E-state index contributed by atoms with van der Waals surface area (Å²) in [5.41, 5.74) is 0.989. The van der Waals surface area contributed by atoms with E-state index < -0.39 is 5.97 Å². The van der Waals surface area contributed by atoms with Crippen LogP contribution in [0.15, 0.2) is 53.4 Å². The third-order valence-corrected chi connectivity index (χ3v) is 5.99. The number of amides is 2. The van der Waals surface area contributed by atoms with Gasteiger partial charge in [0.05, 0.1) is 18.0 Å². The zero-order valence-electron chi connectivity index (χ0n) is 16.6. The largest absolute Gasteiger partial charge is 0.545 e. The van der Waals surface area contributed by atoms with E-state index >= 15 is 0 Å². The van der Waals surface area contributed by atoms with Crippen molar-refractivity contribution in [1.82, 2.24) is 4.90 Å². The summed E-state index contributed by atoms with van der Waals surface area (Å²) in [5.74, 6) is -0.980. The van der Waals surface area contributed by atoms with E-state index in [0.29, 0.717) is 22.9 Å². The standard InChI is InChI=1S/C22H20N2O5S2/c1-29-15-10-8-14(9-11-15)13-18-20(30)24(22(28)31-18)12-4-7-19(25)23-17-6-3-2-5-16(17)21(26)27/h2-3,5-6,8-11,13H,4,7,12H2,1H3,(H,23,25)(H,26,27)/p-1. The van der Waals surface area contributed by atoms with Gasteiger partial charge in [0, 0.05) is 24.2 Å². The number of ether oxygens (including phenoxy) is 1. The third-order valence-electron chi connectivity index (χ3n) is 4.49. The number of thiocarbonyl (C=S) groups is 1. The minimum atomic E-state index is -1.36. The van der Waals surface area contributed by atoms with Gasteiger partial charge in [-0.25, -0.2) is 0 Å². The Kier molecular flexibility index (Phi) is 7.43. The molecule has 31 heavy (non-hydrogen) atoms. The van der Waals surface area contributed by atoms with Crippen LogP contribution in [0.5, 0.6) is 5.75 Å². The van der Waals surface area contributed by atoms with Gasteiger partial charge in [0.25, 0.3) is 5.24 Å². The van der Waals surface area contributed by atoms with Crippen LogP contribution in [0.4, 0.5) is 10.5 Å². The summed E-state index contributed by atoms with van der Waals surface area (Å²) in [6.07, 6.45) is 2.32. The number of hydrogen-bond acceptors (Lipinski definition) is 7. The molecule has 0 aliphatic carbocycles. The first-order valence-electron chi connectivity index (χ1n) is 9.38. The van der Waals surface area contributed by atoms with Gasteiger partial charge in [0.15, 0.2) is 0 Å². The van der Waals surface area contributed by atoms with E-state index in [-0.39, 0.29) is 28.8 Å². The molecule has 2 amide bonds. The summed E-state index contributed by atoms with van der Waals surface area (Å²) in [4.78, 5) is 38.2. The van der Waals surface area contributed by atoms with Crippen LogP contribution in [0.3, 0.4) is 0 Å². The average molecular weight is 456 g/mol. The fourth-order valence-corrected chi connectivity index (χ4v) is 4.21. The smallest absolute Gasteiger partial charge is 0.291 e. The van der Waals surface area contributed by atoms with E-state index in [2.05, 4.69) is 5.32 Å². The summed E-state index contributed by atoms with van der Waals surface area (Å²) >= 11 is 6.49. The van der Waals surface area contributed by atoms with E-state index in [4.69, 9.17) is 17.0 Å². The molecule has 7 nitrogen and oxygen atoms in total. The highest BCUT2D eigenvalue weighted by atomic mass is 32.2. The summed E-state index contributed by atoms with van der Waals surface area (Å²) < 4.78 is 5.13. The van der Waals surface area contributed by atoms with Crippen LogP contribution in [0.2, 0.25) is 0 Å². The van der Waals surface area contributed by atoms with Crippen LogP contribution in [0.1, 0.15) is 28.8 Å². The molecule has 1 N–H and O–H groups in total. The number of benzene rings is 2. The Morgan fingerprint density at radius 3 is 2.58 bits per heavy atom. The number of carboxylic acids is 1. The molecule has 3 rings (SSSR count). The van der Waals surface area contributed by atoms with Gasteiger partial charge in [-0.2, -0.15) is 0 Å². The number of thioether (sulfide) groups is 1. The van der Waals surface area contributed by atoms with Crippen molar-refractivity contribution in [3.63, 3.8) is 0 Å². The van der Waals surface area contributed by atoms with Gasteiger partial charge in [-0.15, -0.1) is 0 Å². The van der Waals surface area contributed by atoms with Crippen molar-refractivity contribution in [1.29, 1.82) is 0 Å². The average Bonchev–Trinajstić information content (AvgIpc) is 3.02. The maximum absolute atomic E-state index is 12.3. The summed E-state index contributed by atoms with van der Waals surface area (Å²) in [6.45, 7) is 0.292. The van der Waals surface area contributed by atoms with Crippen LogP contribution in [-0.4, -0.2) is 40.7 Å². The molecular weight excluding hydrogens is 436 g/mol. The number of nitrogens with one attached hydrogen (secondary N) is 1. The molecule has 9 heteroatoms. The highest BCUT2D eigenvalue weighted by molar-refractivity contribution is 8.19. The fourth-order valence-electron chi connectivity index (χ4n) is 2.92. The number of methoxy groups -OCH3 is 1. The Morgan fingerprint density at radius 2 is 1.90 bits per heavy atom. The molecule has 1 heterocycles. The van der Waals surface area contributed by atoms with Crippen LogP contribution in [-0.2, 0) is 4.79 Å². The molecule has 0 unspecified atom stereocenters. The van der Waals surface area contributed by atoms with Gasteiger partial charge in [-0.05, 0) is 48.0 Å². The van der Waals surface area contributed by atoms with E-state index in [0.717, 1.165) is 23.1 Å². The third kappa shape index (κ3) is 5.71. The lowest BCUT2D eigenvalue weighted by Crippen LogP contribution is -2.29. The lowest BCUT2D eigenvalue weighted by atomic mass is 10.1. The van der Waals surface area contributed by atoms with Crippen molar-refractivity contribution in [2.75, 3.05) is 19.0 Å². The molecule has 0 atom stereocenters. The number of rotatable bonds is 8. The Hall–Kier alpha value is -3.17. The Balaban J connectivity index is 1.55. The van der Waals surface area contributed by atoms with Gasteiger partial charge in [-0.1, -0.05) is 42.5 Å². The van der Waals surface area contributed by atoms with Gasteiger partial charge in [0.1, 0.15) is 10.7 Å². The lowest BCUT2D eigenvalue weighted by Gasteiger charge is -2.15. The van der Waals surface area contributed by atoms with E-state index in [1.54, 1.807) is 19.2 Å². The number of carboxylic acid groups (broad SMARTS) is 1. The number of anilines is 1. The Morgan fingerprint density at radius 1 is 1.19 bits per heavy atom. The first-order valence-corrected chi connectivity index (χ1v) is 10.6. The minimum Gasteiger partial charge on any atom is -0.545 e. The molecule has 1 aliphatic rings. The number of para-hydroxylation sites is 1. The molecule has 1 saturated heterocycles. The Labute approximate surface area is 189 Å². The van der Waals surface area contributed by atoms with Crippen LogP contribution < -0.4 is 15.2 Å². The monoisotopic (exact) mass is 455 g/mol. The molecule has 1 aliphatic heterocycles. The van der Waals surface area contributed by atoms with Crippen molar-refractivity contribution in [2.24, 2.45) is 0 Å². The fraction of sp³-hybridized carbons (Fsp3) is 0.182. The number of carbonyl (C=O) groups excluding carboxylic acids is 3. The highest BCUT2D eigenvalue weighted by Gasteiger charge is 2.31. The molecule has 160 valence electrons. The second-order valence-electron chi connectivity index (χ2n) is 6.59. The van der Waals surface area contributed by atoms with Crippen molar-refractivity contribution in [3.05, 3.63) is 64.6 Å². The quantitative estimate of drug-likeness (QED) is 0.482. The van der Waals surface area contributed by atoms with Crippen molar-refractivity contribution in [2.45, 2.75) is 12.8 Å². The van der Waals surface area contributed by atoms with Crippen LogP contribution in [0, 0.1) is 0 Å². The second kappa shape index (κ2) is 10.2. The van der Waals surface area contributed by atoms with Gasteiger partial charge in [-0.3, -0.25) is 14.5 Å². The predicted molar refractivity (Wildman–Crippen MR) is 122 cm³/mol. The van der Waals surface area contributed by atoms with Crippen molar-refractivity contribution < 1.29 is 24.2 Å². The molecule has 1 fully saturated rings. The maximum Gasteiger partial charge on any atom is 0.291 e. The molecule has 0 saturated carbocycles. The number of carbonyl (C=O) groups is 3. The molecule has 0 bridgehead atoms. The topological polar surface area (TPSA) is 98.8 Å². The number of nitrogens with zero attached hydrogens (tertiary/aromatic N) is 1. The predicted octanol–water partition coefficient (Wildman–Crippen LogP) is 3.31. The molecule has 2 aromatic rings. The number of aromatic carboxylic acids is 1. The summed E-state index contributed by atoms with van der Waals surface area (Å²) in [7, 11) is 1.59. The first kappa shape index (κ1) is 22.5. The molecular formula is C22H19N2O5S2-. The molecule has 2 aromatic carbocycles. The zero-order valence-corrected chi connectivity index (χ0v) is 18.3. The molecule has 0 aromatic heterocycles.